The van der Waals surface area contributed by atoms with Crippen molar-refractivity contribution in [2.45, 2.75) is 24.7 Å². The zero-order chi connectivity index (χ0) is 18.6. The number of nitrogens with zero attached hydrogens (tertiary/aromatic N) is 2. The van der Waals surface area contributed by atoms with Crippen LogP contribution in [0, 0.1) is 0 Å². The predicted octanol–water partition coefficient (Wildman–Crippen LogP) is 0.705. The molecule has 3 rings (SSSR count). The van der Waals surface area contributed by atoms with E-state index in [1.165, 1.54) is 4.31 Å². The number of nitrogens with one attached hydrogen (secondary N) is 1. The van der Waals surface area contributed by atoms with E-state index < -0.39 is 10.0 Å². The van der Waals surface area contributed by atoms with Crippen molar-refractivity contribution >= 4 is 15.9 Å². The summed E-state index contributed by atoms with van der Waals surface area (Å²) < 4.78 is 32.9. The van der Waals surface area contributed by atoms with Gasteiger partial charge >= 0.3 is 0 Å². The first-order valence-corrected chi connectivity index (χ1v) is 10.7. The SMILES string of the molecule is CCc1ccc(C(=O)N2CCCNCC2)cc1S(=O)(=O)N1CCOCC1. The largest absolute Gasteiger partial charge is 0.379 e. The van der Waals surface area contributed by atoms with E-state index in [9.17, 15) is 13.2 Å². The number of rotatable bonds is 4. The Labute approximate surface area is 155 Å². The van der Waals surface area contributed by atoms with Gasteiger partial charge < -0.3 is 15.0 Å². The van der Waals surface area contributed by atoms with Crippen LogP contribution in [-0.4, -0.2) is 76.0 Å². The van der Waals surface area contributed by atoms with Gasteiger partial charge in [0.15, 0.2) is 0 Å². The molecule has 0 aliphatic carbocycles. The van der Waals surface area contributed by atoms with Crippen molar-refractivity contribution in [3.8, 4) is 0 Å². The summed E-state index contributed by atoms with van der Waals surface area (Å²) in [5.41, 5.74) is 1.18. The Hall–Kier alpha value is -1.48. The third-order valence-electron chi connectivity index (χ3n) is 4.91. The quantitative estimate of drug-likeness (QED) is 0.831. The monoisotopic (exact) mass is 381 g/mol. The van der Waals surface area contributed by atoms with Crippen LogP contribution < -0.4 is 5.32 Å². The number of carbonyl (C=O) groups is 1. The van der Waals surface area contributed by atoms with Gasteiger partial charge in [0.1, 0.15) is 0 Å². The number of amides is 1. The molecule has 2 heterocycles. The number of aryl methyl sites for hydroxylation is 1. The fraction of sp³-hybridized carbons (Fsp3) is 0.611. The maximum Gasteiger partial charge on any atom is 0.253 e. The zero-order valence-electron chi connectivity index (χ0n) is 15.2. The van der Waals surface area contributed by atoms with Gasteiger partial charge in [-0.2, -0.15) is 4.31 Å². The van der Waals surface area contributed by atoms with Gasteiger partial charge in [-0.05, 0) is 37.1 Å². The molecule has 0 bridgehead atoms. The van der Waals surface area contributed by atoms with E-state index in [2.05, 4.69) is 5.32 Å². The predicted molar refractivity (Wildman–Crippen MR) is 98.8 cm³/mol. The van der Waals surface area contributed by atoms with E-state index in [-0.39, 0.29) is 10.8 Å². The lowest BCUT2D eigenvalue weighted by molar-refractivity contribution is 0.0729. The molecule has 2 aliphatic heterocycles. The molecule has 1 aromatic rings. The summed E-state index contributed by atoms with van der Waals surface area (Å²) >= 11 is 0. The van der Waals surface area contributed by atoms with E-state index in [0.29, 0.717) is 51.4 Å². The van der Waals surface area contributed by atoms with E-state index >= 15 is 0 Å². The molecule has 144 valence electrons. The van der Waals surface area contributed by atoms with Crippen molar-refractivity contribution in [3.63, 3.8) is 0 Å². The van der Waals surface area contributed by atoms with Gasteiger partial charge in [-0.1, -0.05) is 13.0 Å². The molecule has 7 nitrogen and oxygen atoms in total. The third-order valence-corrected chi connectivity index (χ3v) is 6.89. The van der Waals surface area contributed by atoms with E-state index in [1.807, 2.05) is 6.92 Å². The van der Waals surface area contributed by atoms with Crippen LogP contribution in [0.25, 0.3) is 0 Å². The number of benzene rings is 1. The molecule has 0 aromatic heterocycles. The van der Waals surface area contributed by atoms with Crippen LogP contribution in [0.4, 0.5) is 0 Å². The van der Waals surface area contributed by atoms with Crippen LogP contribution in [0.3, 0.4) is 0 Å². The summed E-state index contributed by atoms with van der Waals surface area (Å²) in [5.74, 6) is -0.102. The van der Waals surface area contributed by atoms with E-state index in [4.69, 9.17) is 4.74 Å². The molecule has 0 saturated carbocycles. The molecule has 1 aromatic carbocycles. The first-order chi connectivity index (χ1) is 12.5. The number of ether oxygens (including phenoxy) is 1. The lowest BCUT2D eigenvalue weighted by atomic mass is 10.1. The number of morpholine rings is 1. The van der Waals surface area contributed by atoms with Crippen molar-refractivity contribution in [2.75, 3.05) is 52.5 Å². The second-order valence-electron chi connectivity index (χ2n) is 6.59. The molecule has 1 amide bonds. The van der Waals surface area contributed by atoms with Crippen LogP contribution in [0.2, 0.25) is 0 Å². The molecule has 0 atom stereocenters. The van der Waals surface area contributed by atoms with E-state index in [0.717, 1.165) is 25.1 Å². The molecule has 26 heavy (non-hydrogen) atoms. The summed E-state index contributed by atoms with van der Waals surface area (Å²) in [5, 5.41) is 3.27. The second kappa shape index (κ2) is 8.47. The molecule has 2 fully saturated rings. The van der Waals surface area contributed by atoms with Crippen molar-refractivity contribution < 1.29 is 17.9 Å². The van der Waals surface area contributed by atoms with Crippen molar-refractivity contribution in [1.29, 1.82) is 0 Å². The van der Waals surface area contributed by atoms with Gasteiger partial charge in [-0.15, -0.1) is 0 Å². The summed E-state index contributed by atoms with van der Waals surface area (Å²) in [7, 11) is -3.63. The van der Waals surface area contributed by atoms with Crippen molar-refractivity contribution in [3.05, 3.63) is 29.3 Å². The Bertz CT molecular complexity index is 737. The van der Waals surface area contributed by atoms with Crippen molar-refractivity contribution in [2.24, 2.45) is 0 Å². The van der Waals surface area contributed by atoms with Gasteiger partial charge in [0.2, 0.25) is 10.0 Å². The highest BCUT2D eigenvalue weighted by Crippen LogP contribution is 2.24. The molecular weight excluding hydrogens is 354 g/mol. The fourth-order valence-corrected chi connectivity index (χ4v) is 5.10. The fourth-order valence-electron chi connectivity index (χ4n) is 3.38. The molecule has 0 unspecified atom stereocenters. The summed E-state index contributed by atoms with van der Waals surface area (Å²) in [6.07, 6.45) is 1.50. The number of hydrogen-bond acceptors (Lipinski definition) is 5. The second-order valence-corrected chi connectivity index (χ2v) is 8.49. The van der Waals surface area contributed by atoms with Crippen LogP contribution in [0.5, 0.6) is 0 Å². The van der Waals surface area contributed by atoms with Gasteiger partial charge in [0, 0.05) is 38.3 Å². The zero-order valence-corrected chi connectivity index (χ0v) is 16.1. The molecule has 0 spiro atoms. The lowest BCUT2D eigenvalue weighted by Crippen LogP contribution is -2.41. The highest BCUT2D eigenvalue weighted by atomic mass is 32.2. The maximum atomic E-state index is 13.1. The van der Waals surface area contributed by atoms with E-state index in [1.54, 1.807) is 23.1 Å². The molecule has 1 N–H and O–H groups in total. The first kappa shape index (κ1) is 19.3. The standard InChI is InChI=1S/C18H27N3O4S/c1-2-15-4-5-16(18(22)20-8-3-6-19-7-9-20)14-17(15)26(23,24)21-10-12-25-13-11-21/h4-5,14,19H,2-3,6-13H2,1H3. The Kier molecular flexibility index (Phi) is 6.29. The highest BCUT2D eigenvalue weighted by Gasteiger charge is 2.29. The molecule has 2 saturated heterocycles. The topological polar surface area (TPSA) is 79.0 Å². The number of hydrogen-bond donors (Lipinski definition) is 1. The Morgan fingerprint density at radius 1 is 1.15 bits per heavy atom. The molecular formula is C18H27N3O4S. The number of carbonyl (C=O) groups excluding carboxylic acids is 1. The van der Waals surface area contributed by atoms with Crippen LogP contribution >= 0.6 is 0 Å². The minimum Gasteiger partial charge on any atom is -0.379 e. The summed E-state index contributed by atoms with van der Waals surface area (Å²) in [4.78, 5) is 14.9. The first-order valence-electron chi connectivity index (χ1n) is 9.25. The lowest BCUT2D eigenvalue weighted by Gasteiger charge is -2.27. The summed E-state index contributed by atoms with van der Waals surface area (Å²) in [6.45, 7) is 6.42. The van der Waals surface area contributed by atoms with Crippen molar-refractivity contribution in [1.82, 2.24) is 14.5 Å². The van der Waals surface area contributed by atoms with Crippen LogP contribution in [-0.2, 0) is 21.2 Å². The molecule has 2 aliphatic rings. The Morgan fingerprint density at radius 2 is 1.92 bits per heavy atom. The highest BCUT2D eigenvalue weighted by molar-refractivity contribution is 7.89. The number of sulfonamides is 1. The Balaban J connectivity index is 1.92. The van der Waals surface area contributed by atoms with Gasteiger partial charge in [0.25, 0.3) is 5.91 Å². The minimum absolute atomic E-state index is 0.102. The molecule has 8 heteroatoms. The van der Waals surface area contributed by atoms with Gasteiger partial charge in [0.05, 0.1) is 18.1 Å². The minimum atomic E-state index is -3.63. The smallest absolute Gasteiger partial charge is 0.253 e. The van der Waals surface area contributed by atoms with Crippen LogP contribution in [0.15, 0.2) is 23.1 Å². The van der Waals surface area contributed by atoms with Gasteiger partial charge in [-0.25, -0.2) is 8.42 Å². The summed E-state index contributed by atoms with van der Waals surface area (Å²) in [6, 6.07) is 5.08. The average molecular weight is 381 g/mol. The molecule has 0 radical (unpaired) electrons. The Morgan fingerprint density at radius 3 is 2.65 bits per heavy atom. The van der Waals surface area contributed by atoms with Crippen LogP contribution in [0.1, 0.15) is 29.3 Å². The maximum absolute atomic E-state index is 13.1. The normalized spacial score (nSPS) is 20.0. The average Bonchev–Trinajstić information content (AvgIpc) is 2.97. The van der Waals surface area contributed by atoms with Gasteiger partial charge in [-0.3, -0.25) is 4.79 Å². The third kappa shape index (κ3) is 4.09.